The summed E-state index contributed by atoms with van der Waals surface area (Å²) in [5, 5.41) is 9.52. The van der Waals surface area contributed by atoms with Crippen LogP contribution in [0.4, 0.5) is 17.1 Å². The fraction of sp³-hybridized carbons (Fsp3) is 0. The van der Waals surface area contributed by atoms with Crippen molar-refractivity contribution in [3.05, 3.63) is 188 Å². The quantitative estimate of drug-likeness (QED) is 0.175. The monoisotopic (exact) mass is 637 g/mol. The molecule has 0 saturated carbocycles. The smallest absolute Gasteiger partial charge is 0.136 e. The molecule has 0 aliphatic rings. The third kappa shape index (κ3) is 4.57. The molecule has 10 rings (SSSR count). The van der Waals surface area contributed by atoms with Crippen LogP contribution in [-0.4, -0.2) is 0 Å². The molecule has 1 aromatic heterocycles. The van der Waals surface area contributed by atoms with E-state index in [1.165, 1.54) is 43.4 Å². The van der Waals surface area contributed by atoms with E-state index in [9.17, 15) is 0 Å². The largest absolute Gasteiger partial charge is 0.456 e. The molecule has 0 N–H and O–H groups in total. The molecule has 0 aliphatic carbocycles. The van der Waals surface area contributed by atoms with Crippen LogP contribution in [0.5, 0.6) is 0 Å². The van der Waals surface area contributed by atoms with Crippen LogP contribution in [0.25, 0.3) is 76.5 Å². The second kappa shape index (κ2) is 11.5. The molecule has 50 heavy (non-hydrogen) atoms. The van der Waals surface area contributed by atoms with Crippen molar-refractivity contribution in [1.29, 1.82) is 0 Å². The number of hydrogen-bond donors (Lipinski definition) is 0. The van der Waals surface area contributed by atoms with E-state index in [4.69, 9.17) is 4.42 Å². The lowest BCUT2D eigenvalue weighted by atomic mass is 9.95. The Morgan fingerprint density at radius 1 is 0.340 bits per heavy atom. The lowest BCUT2D eigenvalue weighted by Gasteiger charge is -2.30. The third-order valence-corrected chi connectivity index (χ3v) is 10.0. The molecule has 0 amide bonds. The molecule has 2 nitrogen and oxygen atoms in total. The van der Waals surface area contributed by atoms with Crippen LogP contribution in [0.15, 0.2) is 192 Å². The zero-order valence-corrected chi connectivity index (χ0v) is 27.3. The maximum atomic E-state index is 6.54. The van der Waals surface area contributed by atoms with Gasteiger partial charge >= 0.3 is 0 Å². The van der Waals surface area contributed by atoms with E-state index in [2.05, 4.69) is 193 Å². The van der Waals surface area contributed by atoms with Gasteiger partial charge in [-0.3, -0.25) is 0 Å². The molecule has 234 valence electrons. The number of benzene rings is 9. The fourth-order valence-corrected chi connectivity index (χ4v) is 7.69. The van der Waals surface area contributed by atoms with Crippen LogP contribution >= 0.6 is 0 Å². The second-order valence-electron chi connectivity index (χ2n) is 12.9. The first-order valence-electron chi connectivity index (χ1n) is 17.1. The summed E-state index contributed by atoms with van der Waals surface area (Å²) in [4.78, 5) is 2.44. The summed E-state index contributed by atoms with van der Waals surface area (Å²) < 4.78 is 6.54. The molecule has 0 radical (unpaired) electrons. The van der Waals surface area contributed by atoms with Crippen molar-refractivity contribution < 1.29 is 4.42 Å². The van der Waals surface area contributed by atoms with Crippen molar-refractivity contribution in [3.63, 3.8) is 0 Å². The highest BCUT2D eigenvalue weighted by Gasteiger charge is 2.22. The first-order chi connectivity index (χ1) is 24.8. The number of hydrogen-bond acceptors (Lipinski definition) is 2. The zero-order valence-electron chi connectivity index (χ0n) is 27.3. The Morgan fingerprint density at radius 3 is 1.78 bits per heavy atom. The molecule has 0 bridgehead atoms. The van der Waals surface area contributed by atoms with E-state index in [0.717, 1.165) is 50.1 Å². The first kappa shape index (κ1) is 28.4. The van der Waals surface area contributed by atoms with Crippen LogP contribution in [0.2, 0.25) is 0 Å². The number of rotatable bonds is 5. The van der Waals surface area contributed by atoms with Crippen molar-refractivity contribution in [2.75, 3.05) is 4.90 Å². The average Bonchev–Trinajstić information content (AvgIpc) is 3.55. The van der Waals surface area contributed by atoms with E-state index in [-0.39, 0.29) is 0 Å². The van der Waals surface area contributed by atoms with Gasteiger partial charge in [-0.25, -0.2) is 0 Å². The minimum absolute atomic E-state index is 0.887. The summed E-state index contributed by atoms with van der Waals surface area (Å²) >= 11 is 0. The lowest BCUT2D eigenvalue weighted by molar-refractivity contribution is 0.669. The molecule has 0 aliphatic heterocycles. The minimum Gasteiger partial charge on any atom is -0.456 e. The van der Waals surface area contributed by atoms with Crippen molar-refractivity contribution in [2.24, 2.45) is 0 Å². The first-order valence-corrected chi connectivity index (χ1v) is 17.1. The number of furan rings is 1. The number of fused-ring (bicyclic) bond motifs is 7. The fourth-order valence-electron chi connectivity index (χ4n) is 7.69. The van der Waals surface area contributed by atoms with Crippen LogP contribution in [0, 0.1) is 0 Å². The second-order valence-corrected chi connectivity index (χ2v) is 12.9. The summed E-state index contributed by atoms with van der Waals surface area (Å²) in [6.45, 7) is 0. The number of para-hydroxylation sites is 1. The van der Waals surface area contributed by atoms with Gasteiger partial charge in [-0.15, -0.1) is 0 Å². The van der Waals surface area contributed by atoms with E-state index >= 15 is 0 Å². The van der Waals surface area contributed by atoms with Gasteiger partial charge in [0.15, 0.2) is 0 Å². The number of nitrogens with zero attached hydrogens (tertiary/aromatic N) is 1. The van der Waals surface area contributed by atoms with Crippen LogP contribution in [0.3, 0.4) is 0 Å². The lowest BCUT2D eigenvalue weighted by Crippen LogP contribution is -2.12. The third-order valence-electron chi connectivity index (χ3n) is 10.0. The maximum absolute atomic E-state index is 6.54. The van der Waals surface area contributed by atoms with Gasteiger partial charge in [0.25, 0.3) is 0 Å². The van der Waals surface area contributed by atoms with E-state index < -0.39 is 0 Å². The highest BCUT2D eigenvalue weighted by molar-refractivity contribution is 6.18. The summed E-state index contributed by atoms with van der Waals surface area (Å²) in [6.07, 6.45) is 0. The Hall–Kier alpha value is -6.64. The van der Waals surface area contributed by atoms with E-state index in [1.807, 2.05) is 0 Å². The van der Waals surface area contributed by atoms with Crippen LogP contribution in [0.1, 0.15) is 0 Å². The van der Waals surface area contributed by atoms with Crippen LogP contribution < -0.4 is 4.90 Å². The van der Waals surface area contributed by atoms with Crippen molar-refractivity contribution in [1.82, 2.24) is 0 Å². The molecule has 1 heterocycles. The van der Waals surface area contributed by atoms with Crippen molar-refractivity contribution >= 4 is 71.3 Å². The standard InChI is InChI=1S/C48H31NO/c1-2-13-32(14-3-1)33-25-27-37(28-26-33)49(45-30-36-17-6-7-18-38(36)39-19-8-9-20-40(39)45)44-23-11-10-21-41(44)42-22-12-24-46-48(42)43-29-34-15-4-5-16-35(34)31-47(43)50-46/h1-31H. The predicted octanol–water partition coefficient (Wildman–Crippen LogP) is 13.8. The Kier molecular flexibility index (Phi) is 6.53. The average molecular weight is 638 g/mol. The van der Waals surface area contributed by atoms with Gasteiger partial charge in [0.1, 0.15) is 11.2 Å². The van der Waals surface area contributed by atoms with E-state index in [1.54, 1.807) is 0 Å². The van der Waals surface area contributed by atoms with Gasteiger partial charge in [-0.2, -0.15) is 0 Å². The normalized spacial score (nSPS) is 11.6. The molecule has 0 spiro atoms. The Labute approximate surface area is 290 Å². The van der Waals surface area contributed by atoms with Crippen LogP contribution in [-0.2, 0) is 0 Å². The van der Waals surface area contributed by atoms with Gasteiger partial charge in [0.05, 0.1) is 11.4 Å². The maximum Gasteiger partial charge on any atom is 0.136 e. The van der Waals surface area contributed by atoms with Gasteiger partial charge in [0, 0.05) is 27.4 Å². The highest BCUT2D eigenvalue weighted by atomic mass is 16.3. The molecule has 9 aromatic carbocycles. The molecule has 0 fully saturated rings. The molecule has 10 aromatic rings. The highest BCUT2D eigenvalue weighted by Crippen LogP contribution is 2.47. The summed E-state index contributed by atoms with van der Waals surface area (Å²) in [6, 6.07) is 67.5. The van der Waals surface area contributed by atoms with Crippen molar-refractivity contribution in [2.45, 2.75) is 0 Å². The predicted molar refractivity (Wildman–Crippen MR) is 212 cm³/mol. The molecule has 2 heteroatoms. The Balaban J connectivity index is 1.26. The summed E-state index contributed by atoms with van der Waals surface area (Å²) in [7, 11) is 0. The zero-order chi connectivity index (χ0) is 33.0. The topological polar surface area (TPSA) is 16.4 Å². The minimum atomic E-state index is 0.887. The van der Waals surface area contributed by atoms with Gasteiger partial charge < -0.3 is 9.32 Å². The van der Waals surface area contributed by atoms with Gasteiger partial charge in [-0.05, 0) is 86.1 Å². The summed E-state index contributed by atoms with van der Waals surface area (Å²) in [5.74, 6) is 0. The van der Waals surface area contributed by atoms with Gasteiger partial charge in [0.2, 0.25) is 0 Å². The van der Waals surface area contributed by atoms with E-state index in [0.29, 0.717) is 0 Å². The Bertz CT molecular complexity index is 2870. The molecule has 0 atom stereocenters. The molecule has 0 saturated heterocycles. The number of anilines is 3. The SMILES string of the molecule is c1ccc(-c2ccc(N(c3ccccc3-c3cccc4oc5cc6ccccc6cc5c34)c3cc4ccccc4c4ccccc34)cc2)cc1. The Morgan fingerprint density at radius 2 is 0.960 bits per heavy atom. The summed E-state index contributed by atoms with van der Waals surface area (Å²) in [5.41, 5.74) is 9.78. The van der Waals surface area contributed by atoms with Gasteiger partial charge in [-0.1, -0.05) is 146 Å². The molecular weight excluding hydrogens is 607 g/mol. The molecular formula is C48H31NO. The van der Waals surface area contributed by atoms with Crippen molar-refractivity contribution in [3.8, 4) is 22.3 Å². The molecule has 0 unspecified atom stereocenters.